The number of hydrogen-bond acceptors (Lipinski definition) is 5. The number of nitrogens with zero attached hydrogens (tertiary/aromatic N) is 1. The topological polar surface area (TPSA) is 97.2 Å². The van der Waals surface area contributed by atoms with Gasteiger partial charge in [0.05, 0.1) is 17.8 Å². The molecule has 0 radical (unpaired) electrons. The van der Waals surface area contributed by atoms with Crippen molar-refractivity contribution in [2.45, 2.75) is 0 Å². The van der Waals surface area contributed by atoms with Gasteiger partial charge in [-0.25, -0.2) is 10.2 Å². The Morgan fingerprint density at radius 2 is 2.12 bits per heavy atom. The van der Waals surface area contributed by atoms with Crippen LogP contribution in [0.25, 0.3) is 0 Å². The van der Waals surface area contributed by atoms with Gasteiger partial charge in [-0.3, -0.25) is 4.79 Å². The fourth-order valence-electron chi connectivity index (χ4n) is 1.95. The number of aliphatic carboxylic acids is 1. The average molecular weight is 533 g/mol. The monoisotopic (exact) mass is 532 g/mol. The zero-order chi connectivity index (χ0) is 19.1. The molecule has 9 heteroatoms. The number of ether oxygens (including phenoxy) is 2. The van der Waals surface area contributed by atoms with Crippen LogP contribution in [0.5, 0.6) is 11.5 Å². The Morgan fingerprint density at radius 1 is 1.35 bits per heavy atom. The second kappa shape index (κ2) is 9.53. The molecule has 0 unspecified atom stereocenters. The van der Waals surface area contributed by atoms with Crippen LogP contribution >= 0.6 is 38.5 Å². The first-order valence-electron chi connectivity index (χ1n) is 7.22. The Labute approximate surface area is 171 Å². The van der Waals surface area contributed by atoms with E-state index in [1.807, 2.05) is 6.07 Å². The molecule has 2 rings (SSSR count). The molecule has 2 N–H and O–H groups in total. The molecule has 1 amide bonds. The summed E-state index contributed by atoms with van der Waals surface area (Å²) in [4.78, 5) is 22.7. The molecule has 2 aromatic carbocycles. The van der Waals surface area contributed by atoms with Gasteiger partial charge in [0.25, 0.3) is 5.91 Å². The smallest absolute Gasteiger partial charge is 0.341 e. The van der Waals surface area contributed by atoms with Crippen LogP contribution in [0.1, 0.15) is 15.9 Å². The summed E-state index contributed by atoms with van der Waals surface area (Å²) >= 11 is 5.43. The maximum Gasteiger partial charge on any atom is 0.341 e. The van der Waals surface area contributed by atoms with E-state index in [1.165, 1.54) is 13.3 Å². The van der Waals surface area contributed by atoms with Crippen LogP contribution in [0.2, 0.25) is 0 Å². The third kappa shape index (κ3) is 5.70. The van der Waals surface area contributed by atoms with Crippen LogP contribution < -0.4 is 14.9 Å². The summed E-state index contributed by atoms with van der Waals surface area (Å²) in [6.45, 7) is -0.492. The number of hydrazone groups is 1. The number of benzene rings is 2. The van der Waals surface area contributed by atoms with Gasteiger partial charge in [0.2, 0.25) is 0 Å². The molecule has 0 saturated carbocycles. The number of carbonyl (C=O) groups excluding carboxylic acids is 1. The van der Waals surface area contributed by atoms with E-state index in [4.69, 9.17) is 14.6 Å². The molecule has 2 aromatic rings. The van der Waals surface area contributed by atoms with Crippen LogP contribution in [0.4, 0.5) is 0 Å². The first-order valence-corrected chi connectivity index (χ1v) is 9.09. The molecule has 0 aliphatic rings. The number of carboxylic acids is 1. The molecular formula is C17H14BrIN2O5. The van der Waals surface area contributed by atoms with Crippen molar-refractivity contribution in [2.75, 3.05) is 13.7 Å². The van der Waals surface area contributed by atoms with Gasteiger partial charge in [0, 0.05) is 9.13 Å². The van der Waals surface area contributed by atoms with Gasteiger partial charge in [-0.05, 0) is 74.4 Å². The summed E-state index contributed by atoms with van der Waals surface area (Å²) in [5.41, 5.74) is 3.58. The maximum atomic E-state index is 12.0. The minimum atomic E-state index is -1.09. The lowest BCUT2D eigenvalue weighted by Crippen LogP contribution is -2.17. The molecule has 0 aromatic heterocycles. The Morgan fingerprint density at radius 3 is 2.77 bits per heavy atom. The number of halogens is 2. The SMILES string of the molecule is COc1cc(/C=N\NC(=O)c2cccc(I)c2)cc(Br)c1OCC(=O)O. The average Bonchev–Trinajstić information content (AvgIpc) is 2.60. The zero-order valence-electron chi connectivity index (χ0n) is 13.5. The van der Waals surface area contributed by atoms with E-state index in [-0.39, 0.29) is 11.7 Å². The Hall–Kier alpha value is -2.14. The third-order valence-corrected chi connectivity index (χ3v) is 4.32. The molecule has 0 spiro atoms. The van der Waals surface area contributed by atoms with Gasteiger partial charge in [0.15, 0.2) is 18.1 Å². The molecule has 7 nitrogen and oxygen atoms in total. The van der Waals surface area contributed by atoms with Crippen LogP contribution in [0.15, 0.2) is 46.0 Å². The molecule has 136 valence electrons. The van der Waals surface area contributed by atoms with E-state index in [2.05, 4.69) is 49.0 Å². The van der Waals surface area contributed by atoms with Crippen LogP contribution in [-0.4, -0.2) is 36.9 Å². The molecule has 0 aliphatic carbocycles. The Kier molecular flexibility index (Phi) is 7.39. The zero-order valence-corrected chi connectivity index (χ0v) is 17.3. The lowest BCUT2D eigenvalue weighted by Gasteiger charge is -2.12. The summed E-state index contributed by atoms with van der Waals surface area (Å²) < 4.78 is 11.9. The third-order valence-electron chi connectivity index (χ3n) is 3.06. The Balaban J connectivity index is 2.11. The quantitative estimate of drug-likeness (QED) is 0.324. The van der Waals surface area contributed by atoms with Gasteiger partial charge in [0.1, 0.15) is 0 Å². The van der Waals surface area contributed by atoms with Crippen molar-refractivity contribution in [3.63, 3.8) is 0 Å². The number of rotatable bonds is 7. The fraction of sp³-hybridized carbons (Fsp3) is 0.118. The summed E-state index contributed by atoms with van der Waals surface area (Å²) in [5.74, 6) is -0.809. The second-order valence-electron chi connectivity index (χ2n) is 4.93. The molecular weight excluding hydrogens is 519 g/mol. The van der Waals surface area contributed by atoms with Crippen LogP contribution in [0.3, 0.4) is 0 Å². The van der Waals surface area contributed by atoms with E-state index in [9.17, 15) is 9.59 Å². The largest absolute Gasteiger partial charge is 0.493 e. The molecule has 0 bridgehead atoms. The van der Waals surface area contributed by atoms with Crippen LogP contribution in [-0.2, 0) is 4.79 Å². The number of amides is 1. The van der Waals surface area contributed by atoms with Crippen molar-refractivity contribution in [2.24, 2.45) is 5.10 Å². The number of nitrogens with one attached hydrogen (secondary N) is 1. The number of methoxy groups -OCH3 is 1. The van der Waals surface area contributed by atoms with Gasteiger partial charge in [-0.15, -0.1) is 0 Å². The fourth-order valence-corrected chi connectivity index (χ4v) is 3.07. The van der Waals surface area contributed by atoms with E-state index in [0.717, 1.165) is 3.57 Å². The summed E-state index contributed by atoms with van der Waals surface area (Å²) in [7, 11) is 1.44. The highest BCUT2D eigenvalue weighted by molar-refractivity contribution is 14.1. The van der Waals surface area contributed by atoms with Crippen molar-refractivity contribution in [1.82, 2.24) is 5.43 Å². The molecule has 26 heavy (non-hydrogen) atoms. The maximum absolute atomic E-state index is 12.0. The van der Waals surface area contributed by atoms with Gasteiger partial charge >= 0.3 is 5.97 Å². The van der Waals surface area contributed by atoms with Crippen molar-refractivity contribution < 1.29 is 24.2 Å². The molecule has 0 saturated heterocycles. The van der Waals surface area contributed by atoms with E-state index in [0.29, 0.717) is 21.3 Å². The predicted molar refractivity (Wildman–Crippen MR) is 108 cm³/mol. The predicted octanol–water partition coefficient (Wildman–Crippen LogP) is 3.29. The van der Waals surface area contributed by atoms with Crippen LogP contribution in [0, 0.1) is 3.57 Å². The Bertz CT molecular complexity index is 857. The summed E-state index contributed by atoms with van der Waals surface area (Å²) in [6, 6.07) is 10.4. The lowest BCUT2D eigenvalue weighted by atomic mass is 10.2. The molecule has 0 atom stereocenters. The molecule has 0 fully saturated rings. The van der Waals surface area contributed by atoms with E-state index in [1.54, 1.807) is 30.3 Å². The van der Waals surface area contributed by atoms with E-state index < -0.39 is 12.6 Å². The van der Waals surface area contributed by atoms with Crippen molar-refractivity contribution in [1.29, 1.82) is 0 Å². The first-order chi connectivity index (χ1) is 12.4. The van der Waals surface area contributed by atoms with Crippen molar-refractivity contribution >= 4 is 56.6 Å². The minimum Gasteiger partial charge on any atom is -0.493 e. The summed E-state index contributed by atoms with van der Waals surface area (Å²) in [5, 5.41) is 12.6. The first kappa shape index (κ1) is 20.2. The van der Waals surface area contributed by atoms with Gasteiger partial charge in [-0.1, -0.05) is 6.07 Å². The van der Waals surface area contributed by atoms with Crippen molar-refractivity contribution in [3.05, 3.63) is 55.6 Å². The normalized spacial score (nSPS) is 10.6. The number of carboxylic acid groups (broad SMARTS) is 1. The lowest BCUT2D eigenvalue weighted by molar-refractivity contribution is -0.139. The standard InChI is InChI=1S/C17H14BrIN2O5/c1-25-14-6-10(5-13(18)16(14)26-9-15(22)23)8-20-21-17(24)11-3-2-4-12(19)7-11/h2-8H,9H2,1H3,(H,21,24)(H,22,23)/b20-8-. The van der Waals surface area contributed by atoms with Crippen molar-refractivity contribution in [3.8, 4) is 11.5 Å². The minimum absolute atomic E-state index is 0.273. The van der Waals surface area contributed by atoms with Gasteiger partial charge < -0.3 is 14.6 Å². The molecule has 0 aliphatic heterocycles. The van der Waals surface area contributed by atoms with E-state index >= 15 is 0 Å². The van der Waals surface area contributed by atoms with Gasteiger partial charge in [-0.2, -0.15) is 5.10 Å². The summed E-state index contributed by atoms with van der Waals surface area (Å²) in [6.07, 6.45) is 1.44. The molecule has 0 heterocycles. The number of hydrogen-bond donors (Lipinski definition) is 2. The number of carbonyl (C=O) groups is 2. The highest BCUT2D eigenvalue weighted by atomic mass is 127. The highest BCUT2D eigenvalue weighted by Crippen LogP contribution is 2.36. The highest BCUT2D eigenvalue weighted by Gasteiger charge is 2.13. The second-order valence-corrected chi connectivity index (χ2v) is 7.03.